The van der Waals surface area contributed by atoms with E-state index in [1.54, 1.807) is 13.0 Å². The number of nitrogens with one attached hydrogen (secondary N) is 1. The highest BCUT2D eigenvalue weighted by Gasteiger charge is 2.02. The molecule has 66 valence electrons. The van der Waals surface area contributed by atoms with Crippen molar-refractivity contribution in [2.75, 3.05) is 0 Å². The lowest BCUT2D eigenvalue weighted by Crippen LogP contribution is -2.22. The van der Waals surface area contributed by atoms with Crippen molar-refractivity contribution in [1.29, 1.82) is 0 Å². The van der Waals surface area contributed by atoms with Gasteiger partial charge in [-0.15, -0.1) is 0 Å². The van der Waals surface area contributed by atoms with E-state index in [1.807, 2.05) is 13.8 Å². The zero-order chi connectivity index (χ0) is 9.72. The molecular weight excluding hydrogens is 150 g/mol. The molecule has 0 bridgehead atoms. The zero-order valence-corrected chi connectivity index (χ0v) is 7.90. The van der Waals surface area contributed by atoms with Crippen molar-refractivity contribution in [3.63, 3.8) is 0 Å². The molecule has 0 atom stereocenters. The molecular formula is C10H15NO. The fraction of sp³-hybridized carbons (Fsp3) is 0.300. The predicted octanol–water partition coefficient (Wildman–Crippen LogP) is 2.16. The first-order valence-electron chi connectivity index (χ1n) is 3.75. The Morgan fingerprint density at radius 2 is 1.83 bits per heavy atom. The Morgan fingerprint density at radius 1 is 1.33 bits per heavy atom. The van der Waals surface area contributed by atoms with Crippen LogP contribution in [0.3, 0.4) is 0 Å². The van der Waals surface area contributed by atoms with Crippen LogP contribution in [-0.4, -0.2) is 5.91 Å². The summed E-state index contributed by atoms with van der Waals surface area (Å²) in [4.78, 5) is 11.1. The molecule has 2 nitrogen and oxygen atoms in total. The van der Waals surface area contributed by atoms with Crippen molar-refractivity contribution in [3.05, 3.63) is 36.1 Å². The number of carbonyl (C=O) groups is 1. The third-order valence-corrected chi connectivity index (χ3v) is 1.38. The SMILES string of the molecule is C=CC(NC(=O)C(=C)C)=C(C)C. The maximum atomic E-state index is 11.1. The first-order valence-corrected chi connectivity index (χ1v) is 3.75. The molecule has 1 amide bonds. The van der Waals surface area contributed by atoms with Crippen LogP contribution in [0, 0.1) is 0 Å². The summed E-state index contributed by atoms with van der Waals surface area (Å²) in [6.07, 6.45) is 1.62. The van der Waals surface area contributed by atoms with Crippen LogP contribution in [0.2, 0.25) is 0 Å². The molecule has 12 heavy (non-hydrogen) atoms. The highest BCUT2D eigenvalue weighted by atomic mass is 16.1. The van der Waals surface area contributed by atoms with Gasteiger partial charge in [0.15, 0.2) is 0 Å². The molecule has 0 aromatic heterocycles. The van der Waals surface area contributed by atoms with Gasteiger partial charge < -0.3 is 5.32 Å². The van der Waals surface area contributed by atoms with E-state index >= 15 is 0 Å². The van der Waals surface area contributed by atoms with Gasteiger partial charge in [0.25, 0.3) is 5.91 Å². The summed E-state index contributed by atoms with van der Waals surface area (Å²) in [6, 6.07) is 0. The minimum Gasteiger partial charge on any atom is -0.322 e. The molecule has 0 heterocycles. The van der Waals surface area contributed by atoms with E-state index in [1.165, 1.54) is 0 Å². The second-order valence-electron chi connectivity index (χ2n) is 2.85. The molecule has 2 heteroatoms. The van der Waals surface area contributed by atoms with Gasteiger partial charge in [0, 0.05) is 11.3 Å². The Kier molecular flexibility index (Phi) is 4.05. The Labute approximate surface area is 73.7 Å². The molecule has 0 aromatic carbocycles. The van der Waals surface area contributed by atoms with Crippen LogP contribution in [0.1, 0.15) is 20.8 Å². The van der Waals surface area contributed by atoms with Gasteiger partial charge in [0.05, 0.1) is 0 Å². The first-order chi connectivity index (χ1) is 5.49. The van der Waals surface area contributed by atoms with E-state index in [9.17, 15) is 4.79 Å². The van der Waals surface area contributed by atoms with Crippen molar-refractivity contribution >= 4 is 5.91 Å². The molecule has 0 saturated heterocycles. The average molecular weight is 165 g/mol. The summed E-state index contributed by atoms with van der Waals surface area (Å²) in [6.45, 7) is 12.6. The predicted molar refractivity (Wildman–Crippen MR) is 51.5 cm³/mol. The van der Waals surface area contributed by atoms with E-state index in [2.05, 4.69) is 18.5 Å². The Morgan fingerprint density at radius 3 is 2.08 bits per heavy atom. The van der Waals surface area contributed by atoms with Gasteiger partial charge in [0.2, 0.25) is 0 Å². The van der Waals surface area contributed by atoms with Crippen LogP contribution in [0.5, 0.6) is 0 Å². The summed E-state index contributed by atoms with van der Waals surface area (Å²) >= 11 is 0. The second kappa shape index (κ2) is 4.54. The zero-order valence-electron chi connectivity index (χ0n) is 7.90. The molecule has 0 aliphatic rings. The molecule has 0 unspecified atom stereocenters. The molecule has 0 aliphatic heterocycles. The number of rotatable bonds is 3. The molecule has 0 radical (unpaired) electrons. The molecule has 0 saturated carbocycles. The van der Waals surface area contributed by atoms with Crippen LogP contribution >= 0.6 is 0 Å². The maximum absolute atomic E-state index is 11.1. The van der Waals surface area contributed by atoms with E-state index in [0.717, 1.165) is 11.3 Å². The summed E-state index contributed by atoms with van der Waals surface area (Å²) in [5.74, 6) is -0.161. The fourth-order valence-electron chi connectivity index (χ4n) is 0.609. The number of amides is 1. The lowest BCUT2D eigenvalue weighted by atomic mass is 10.2. The van der Waals surface area contributed by atoms with E-state index in [4.69, 9.17) is 0 Å². The minimum absolute atomic E-state index is 0.161. The fourth-order valence-corrected chi connectivity index (χ4v) is 0.609. The quantitative estimate of drug-likeness (QED) is 0.504. The van der Waals surface area contributed by atoms with E-state index in [-0.39, 0.29) is 5.91 Å². The molecule has 0 spiro atoms. The third kappa shape index (κ3) is 3.19. The molecule has 0 aromatic rings. The minimum atomic E-state index is -0.161. The molecule has 0 aliphatic carbocycles. The smallest absolute Gasteiger partial charge is 0.250 e. The molecule has 0 rings (SSSR count). The van der Waals surface area contributed by atoms with Crippen LogP contribution in [0.4, 0.5) is 0 Å². The normalized spacial score (nSPS) is 8.58. The van der Waals surface area contributed by atoms with E-state index in [0.29, 0.717) is 5.57 Å². The van der Waals surface area contributed by atoms with Crippen LogP contribution in [-0.2, 0) is 4.79 Å². The number of carbonyl (C=O) groups excluding carboxylic acids is 1. The van der Waals surface area contributed by atoms with Crippen molar-refractivity contribution in [1.82, 2.24) is 5.32 Å². The lowest BCUT2D eigenvalue weighted by molar-refractivity contribution is -0.116. The van der Waals surface area contributed by atoms with Crippen LogP contribution in [0.25, 0.3) is 0 Å². The summed E-state index contributed by atoms with van der Waals surface area (Å²) < 4.78 is 0. The maximum Gasteiger partial charge on any atom is 0.250 e. The number of hydrogen-bond donors (Lipinski definition) is 1. The molecule has 1 N–H and O–H groups in total. The van der Waals surface area contributed by atoms with Crippen molar-refractivity contribution in [2.45, 2.75) is 20.8 Å². The number of allylic oxidation sites excluding steroid dienone is 2. The monoisotopic (exact) mass is 165 g/mol. The van der Waals surface area contributed by atoms with Crippen LogP contribution < -0.4 is 5.32 Å². The van der Waals surface area contributed by atoms with Gasteiger partial charge in [-0.1, -0.05) is 18.7 Å². The van der Waals surface area contributed by atoms with Gasteiger partial charge in [-0.05, 0) is 26.8 Å². The third-order valence-electron chi connectivity index (χ3n) is 1.38. The average Bonchev–Trinajstić information content (AvgIpc) is 1.98. The first kappa shape index (κ1) is 10.7. The molecule has 0 fully saturated rings. The van der Waals surface area contributed by atoms with Gasteiger partial charge in [0.1, 0.15) is 0 Å². The van der Waals surface area contributed by atoms with Gasteiger partial charge in [-0.3, -0.25) is 4.79 Å². The Hall–Kier alpha value is -1.31. The topological polar surface area (TPSA) is 29.1 Å². The van der Waals surface area contributed by atoms with Crippen molar-refractivity contribution in [2.24, 2.45) is 0 Å². The second-order valence-corrected chi connectivity index (χ2v) is 2.85. The van der Waals surface area contributed by atoms with Gasteiger partial charge >= 0.3 is 0 Å². The van der Waals surface area contributed by atoms with Crippen molar-refractivity contribution < 1.29 is 4.79 Å². The van der Waals surface area contributed by atoms with Crippen LogP contribution in [0.15, 0.2) is 36.1 Å². The lowest BCUT2D eigenvalue weighted by Gasteiger charge is -2.06. The summed E-state index contributed by atoms with van der Waals surface area (Å²) in [5.41, 5.74) is 2.28. The van der Waals surface area contributed by atoms with Gasteiger partial charge in [-0.2, -0.15) is 0 Å². The number of hydrogen-bond acceptors (Lipinski definition) is 1. The Bertz CT molecular complexity index is 245. The summed E-state index contributed by atoms with van der Waals surface area (Å²) in [7, 11) is 0. The van der Waals surface area contributed by atoms with Gasteiger partial charge in [-0.25, -0.2) is 0 Å². The van der Waals surface area contributed by atoms with E-state index < -0.39 is 0 Å². The van der Waals surface area contributed by atoms with Crippen molar-refractivity contribution in [3.8, 4) is 0 Å². The Balaban J connectivity index is 4.44. The largest absolute Gasteiger partial charge is 0.322 e. The highest BCUT2D eigenvalue weighted by molar-refractivity contribution is 5.93. The highest BCUT2D eigenvalue weighted by Crippen LogP contribution is 2.01. The summed E-state index contributed by atoms with van der Waals surface area (Å²) in [5, 5.41) is 2.69. The standard InChI is InChI=1S/C10H15NO/c1-6-9(7(2)3)11-10(12)8(4)5/h6H,1,4H2,2-3,5H3,(H,11,12).